The lowest BCUT2D eigenvalue weighted by Crippen LogP contribution is -2.08. The highest BCUT2D eigenvalue weighted by Crippen LogP contribution is 2.14. The van der Waals surface area contributed by atoms with Crippen molar-refractivity contribution in [3.8, 4) is 0 Å². The summed E-state index contributed by atoms with van der Waals surface area (Å²) >= 11 is 0. The Hall–Kier alpha value is -1.96. The van der Waals surface area contributed by atoms with Gasteiger partial charge in [-0.15, -0.1) is 0 Å². The van der Waals surface area contributed by atoms with Crippen LogP contribution in [-0.4, -0.2) is 10.8 Å². The average molecular weight is 239 g/mol. The van der Waals surface area contributed by atoms with Gasteiger partial charge in [-0.3, -0.25) is 9.78 Å². The molecule has 0 atom stereocenters. The van der Waals surface area contributed by atoms with Crippen molar-refractivity contribution in [2.45, 2.75) is 27.2 Å². The van der Waals surface area contributed by atoms with E-state index in [1.807, 2.05) is 57.2 Å². The predicted octanol–water partition coefficient (Wildman–Crippen LogP) is 3.43. The molecule has 0 N–H and O–H groups in total. The third kappa shape index (κ3) is 2.65. The standard InChI is InChI=1S/C16H17NO/c1-11-6-4-5-7-14(11)10-16(18)15-9-8-12(2)17-13(15)3/h4-9H,10H2,1-3H3. The molecular formula is C16H17NO. The maximum absolute atomic E-state index is 12.3. The van der Waals surface area contributed by atoms with Crippen LogP contribution < -0.4 is 0 Å². The van der Waals surface area contributed by atoms with E-state index in [0.29, 0.717) is 6.42 Å². The molecule has 0 saturated heterocycles. The Kier molecular flexibility index (Phi) is 3.56. The Balaban J connectivity index is 2.25. The number of Topliss-reactive ketones (excluding diaryl/α,β-unsaturated/α-hetero) is 1. The molecule has 2 aromatic rings. The first-order valence-corrected chi connectivity index (χ1v) is 6.10. The number of carbonyl (C=O) groups is 1. The largest absolute Gasteiger partial charge is 0.294 e. The number of carbonyl (C=O) groups excluding carboxylic acids is 1. The van der Waals surface area contributed by atoms with Crippen LogP contribution in [0.15, 0.2) is 36.4 Å². The van der Waals surface area contributed by atoms with Crippen LogP contribution in [0.1, 0.15) is 32.9 Å². The van der Waals surface area contributed by atoms with Gasteiger partial charge in [0, 0.05) is 23.4 Å². The molecule has 18 heavy (non-hydrogen) atoms. The fraction of sp³-hybridized carbons (Fsp3) is 0.250. The van der Waals surface area contributed by atoms with Gasteiger partial charge < -0.3 is 0 Å². The molecule has 2 nitrogen and oxygen atoms in total. The van der Waals surface area contributed by atoms with Crippen LogP contribution >= 0.6 is 0 Å². The summed E-state index contributed by atoms with van der Waals surface area (Å²) in [5.74, 6) is 0.134. The quantitative estimate of drug-likeness (QED) is 0.768. The molecule has 0 aliphatic rings. The number of nitrogens with zero attached hydrogens (tertiary/aromatic N) is 1. The summed E-state index contributed by atoms with van der Waals surface area (Å²) in [6.07, 6.45) is 0.443. The number of aryl methyl sites for hydroxylation is 3. The van der Waals surface area contributed by atoms with Crippen LogP contribution in [0.2, 0.25) is 0 Å². The van der Waals surface area contributed by atoms with Gasteiger partial charge in [0.1, 0.15) is 0 Å². The smallest absolute Gasteiger partial charge is 0.169 e. The molecule has 0 radical (unpaired) electrons. The Morgan fingerprint density at radius 1 is 1.06 bits per heavy atom. The average Bonchev–Trinajstić information content (AvgIpc) is 2.32. The van der Waals surface area contributed by atoms with Crippen molar-refractivity contribution >= 4 is 5.78 Å². The van der Waals surface area contributed by atoms with Gasteiger partial charge in [-0.2, -0.15) is 0 Å². The number of benzene rings is 1. The molecule has 0 saturated carbocycles. The van der Waals surface area contributed by atoms with Crippen molar-refractivity contribution in [1.82, 2.24) is 4.98 Å². The number of pyridine rings is 1. The Bertz CT molecular complexity index is 587. The van der Waals surface area contributed by atoms with Gasteiger partial charge in [0.15, 0.2) is 5.78 Å². The van der Waals surface area contributed by atoms with Crippen molar-refractivity contribution < 1.29 is 4.79 Å². The fourth-order valence-electron chi connectivity index (χ4n) is 2.06. The fourth-order valence-corrected chi connectivity index (χ4v) is 2.06. The van der Waals surface area contributed by atoms with E-state index >= 15 is 0 Å². The highest BCUT2D eigenvalue weighted by molar-refractivity contribution is 5.98. The van der Waals surface area contributed by atoms with E-state index in [9.17, 15) is 4.79 Å². The molecule has 1 heterocycles. The number of hydrogen-bond acceptors (Lipinski definition) is 2. The van der Waals surface area contributed by atoms with E-state index in [-0.39, 0.29) is 5.78 Å². The van der Waals surface area contributed by atoms with Crippen LogP contribution in [0.4, 0.5) is 0 Å². The van der Waals surface area contributed by atoms with Gasteiger partial charge in [0.2, 0.25) is 0 Å². The molecule has 2 heteroatoms. The molecule has 0 fully saturated rings. The number of rotatable bonds is 3. The maximum atomic E-state index is 12.3. The lowest BCUT2D eigenvalue weighted by molar-refractivity contribution is 0.0992. The topological polar surface area (TPSA) is 30.0 Å². The molecule has 1 aromatic heterocycles. The summed E-state index contributed by atoms with van der Waals surface area (Å²) in [5, 5.41) is 0. The first-order chi connectivity index (χ1) is 8.58. The van der Waals surface area contributed by atoms with Crippen LogP contribution in [0.3, 0.4) is 0 Å². The third-order valence-electron chi connectivity index (χ3n) is 3.14. The zero-order valence-corrected chi connectivity index (χ0v) is 11.0. The van der Waals surface area contributed by atoms with Crippen LogP contribution in [-0.2, 0) is 6.42 Å². The zero-order valence-electron chi connectivity index (χ0n) is 11.0. The first-order valence-electron chi connectivity index (χ1n) is 6.10. The Morgan fingerprint density at radius 2 is 1.78 bits per heavy atom. The lowest BCUT2D eigenvalue weighted by atomic mass is 9.99. The molecule has 0 bridgehead atoms. The molecule has 0 spiro atoms. The van der Waals surface area contributed by atoms with Crippen molar-refractivity contribution in [1.29, 1.82) is 0 Å². The van der Waals surface area contributed by atoms with Gasteiger partial charge in [-0.25, -0.2) is 0 Å². The van der Waals surface area contributed by atoms with Crippen molar-refractivity contribution in [2.24, 2.45) is 0 Å². The minimum atomic E-state index is 0.134. The normalized spacial score (nSPS) is 10.4. The minimum absolute atomic E-state index is 0.134. The van der Waals surface area contributed by atoms with E-state index in [1.54, 1.807) is 0 Å². The molecule has 0 unspecified atom stereocenters. The summed E-state index contributed by atoms with van der Waals surface area (Å²) in [5.41, 5.74) is 4.73. The Labute approximate surface area is 108 Å². The minimum Gasteiger partial charge on any atom is -0.294 e. The second-order valence-corrected chi connectivity index (χ2v) is 4.61. The highest BCUT2D eigenvalue weighted by atomic mass is 16.1. The Morgan fingerprint density at radius 3 is 2.44 bits per heavy atom. The number of ketones is 1. The van der Waals surface area contributed by atoms with Crippen LogP contribution in [0.5, 0.6) is 0 Å². The number of aromatic nitrogens is 1. The lowest BCUT2D eigenvalue weighted by Gasteiger charge is -2.07. The predicted molar refractivity (Wildman–Crippen MR) is 72.9 cm³/mol. The molecule has 0 aliphatic heterocycles. The summed E-state index contributed by atoms with van der Waals surface area (Å²) in [4.78, 5) is 16.6. The molecule has 0 amide bonds. The van der Waals surface area contributed by atoms with Gasteiger partial charge in [-0.05, 0) is 44.0 Å². The molecule has 92 valence electrons. The van der Waals surface area contributed by atoms with Crippen molar-refractivity contribution in [2.75, 3.05) is 0 Å². The summed E-state index contributed by atoms with van der Waals surface area (Å²) < 4.78 is 0. The molecule has 1 aromatic carbocycles. The summed E-state index contributed by atoms with van der Waals surface area (Å²) in [7, 11) is 0. The highest BCUT2D eigenvalue weighted by Gasteiger charge is 2.11. The van der Waals surface area contributed by atoms with Crippen LogP contribution in [0.25, 0.3) is 0 Å². The van der Waals surface area contributed by atoms with Gasteiger partial charge in [0.25, 0.3) is 0 Å². The SMILES string of the molecule is Cc1ccc(C(=O)Cc2ccccc2C)c(C)n1. The summed E-state index contributed by atoms with van der Waals surface area (Å²) in [6, 6.07) is 11.8. The molecular weight excluding hydrogens is 222 g/mol. The zero-order chi connectivity index (χ0) is 13.1. The van der Waals surface area contributed by atoms with E-state index in [0.717, 1.165) is 28.1 Å². The van der Waals surface area contributed by atoms with E-state index in [4.69, 9.17) is 0 Å². The third-order valence-corrected chi connectivity index (χ3v) is 3.14. The van der Waals surface area contributed by atoms with E-state index in [2.05, 4.69) is 4.98 Å². The van der Waals surface area contributed by atoms with E-state index in [1.165, 1.54) is 0 Å². The molecule has 0 aliphatic carbocycles. The van der Waals surface area contributed by atoms with Gasteiger partial charge in [-0.1, -0.05) is 24.3 Å². The maximum Gasteiger partial charge on any atom is 0.169 e. The van der Waals surface area contributed by atoms with Gasteiger partial charge >= 0.3 is 0 Å². The van der Waals surface area contributed by atoms with Crippen LogP contribution in [0, 0.1) is 20.8 Å². The molecule has 2 rings (SSSR count). The van der Waals surface area contributed by atoms with Crippen molar-refractivity contribution in [3.63, 3.8) is 0 Å². The van der Waals surface area contributed by atoms with Crippen molar-refractivity contribution in [3.05, 3.63) is 64.5 Å². The van der Waals surface area contributed by atoms with Gasteiger partial charge in [0.05, 0.1) is 0 Å². The number of hydrogen-bond donors (Lipinski definition) is 0. The monoisotopic (exact) mass is 239 g/mol. The second-order valence-electron chi connectivity index (χ2n) is 4.61. The first kappa shape index (κ1) is 12.5. The second kappa shape index (κ2) is 5.13. The van der Waals surface area contributed by atoms with E-state index < -0.39 is 0 Å². The summed E-state index contributed by atoms with van der Waals surface area (Å²) in [6.45, 7) is 5.85.